The van der Waals surface area contributed by atoms with Gasteiger partial charge < -0.3 is 5.32 Å². The minimum Gasteiger partial charge on any atom is -0.315 e. The highest BCUT2D eigenvalue weighted by Crippen LogP contribution is 2.21. The summed E-state index contributed by atoms with van der Waals surface area (Å²) in [6.07, 6.45) is 3.12. The Hall–Kier alpha value is -0.870. The van der Waals surface area contributed by atoms with Crippen molar-refractivity contribution in [3.05, 3.63) is 18.0 Å². The van der Waals surface area contributed by atoms with Crippen LogP contribution >= 0.6 is 0 Å². The average Bonchev–Trinajstić information content (AvgIpc) is 2.85. The van der Waals surface area contributed by atoms with E-state index in [1.165, 1.54) is 12.1 Å². The molecule has 1 fully saturated rings. The Morgan fingerprint density at radius 1 is 1.67 bits per heavy atom. The largest absolute Gasteiger partial charge is 0.315 e. The average molecular weight is 208 g/mol. The molecule has 1 aliphatic rings. The van der Waals surface area contributed by atoms with E-state index >= 15 is 0 Å². The van der Waals surface area contributed by atoms with E-state index in [0.29, 0.717) is 12.1 Å². The van der Waals surface area contributed by atoms with Crippen molar-refractivity contribution in [2.75, 3.05) is 20.1 Å². The van der Waals surface area contributed by atoms with Crippen LogP contribution in [0, 0.1) is 0 Å². The first-order valence-electron chi connectivity index (χ1n) is 5.60. The first kappa shape index (κ1) is 10.6. The molecular formula is C11H20N4. The smallest absolute Gasteiger partial charge is 0.0549 e. The highest BCUT2D eigenvalue weighted by atomic mass is 15.3. The normalized spacial score (nSPS) is 23.6. The lowest BCUT2D eigenvalue weighted by Gasteiger charge is -2.30. The van der Waals surface area contributed by atoms with Gasteiger partial charge in [0.05, 0.1) is 5.69 Å². The summed E-state index contributed by atoms with van der Waals surface area (Å²) < 4.78 is 1.96. The molecule has 0 aromatic carbocycles. The van der Waals surface area contributed by atoms with E-state index in [1.54, 1.807) is 0 Å². The topological polar surface area (TPSA) is 33.1 Å². The van der Waals surface area contributed by atoms with Gasteiger partial charge in [0.1, 0.15) is 0 Å². The zero-order chi connectivity index (χ0) is 10.8. The summed E-state index contributed by atoms with van der Waals surface area (Å²) in [7, 11) is 4.21. The van der Waals surface area contributed by atoms with Crippen LogP contribution < -0.4 is 5.32 Å². The van der Waals surface area contributed by atoms with Crippen LogP contribution in [0.25, 0.3) is 0 Å². The third-order valence-corrected chi connectivity index (χ3v) is 3.51. The Kier molecular flexibility index (Phi) is 3.07. The van der Waals surface area contributed by atoms with Gasteiger partial charge in [-0.05, 0) is 33.0 Å². The molecule has 0 aliphatic carbocycles. The van der Waals surface area contributed by atoms with Gasteiger partial charge in [0.25, 0.3) is 0 Å². The number of aromatic nitrogens is 2. The molecule has 1 aromatic rings. The van der Waals surface area contributed by atoms with E-state index in [4.69, 9.17) is 0 Å². The van der Waals surface area contributed by atoms with Crippen LogP contribution in [0.2, 0.25) is 0 Å². The van der Waals surface area contributed by atoms with Gasteiger partial charge in [-0.3, -0.25) is 9.58 Å². The van der Waals surface area contributed by atoms with Crippen LogP contribution in [0.4, 0.5) is 0 Å². The summed E-state index contributed by atoms with van der Waals surface area (Å²) in [6, 6.07) is 3.20. The molecule has 4 heteroatoms. The minimum absolute atomic E-state index is 0.433. The standard InChI is InChI=1S/C11H20N4/c1-9(11-5-7-13-15(11)3)14(2)10-4-6-12-8-10/h5,7,9-10,12H,4,6,8H2,1-3H3. The molecule has 1 aromatic heterocycles. The van der Waals surface area contributed by atoms with Gasteiger partial charge in [-0.25, -0.2) is 0 Å². The van der Waals surface area contributed by atoms with Crippen molar-refractivity contribution in [1.29, 1.82) is 0 Å². The molecule has 0 spiro atoms. The van der Waals surface area contributed by atoms with Crippen LogP contribution in [-0.2, 0) is 7.05 Å². The fourth-order valence-corrected chi connectivity index (χ4v) is 2.31. The Morgan fingerprint density at radius 3 is 3.00 bits per heavy atom. The molecule has 2 heterocycles. The number of nitrogens with zero attached hydrogens (tertiary/aromatic N) is 3. The van der Waals surface area contributed by atoms with E-state index in [0.717, 1.165) is 13.1 Å². The van der Waals surface area contributed by atoms with Gasteiger partial charge in [0, 0.05) is 31.9 Å². The third kappa shape index (κ3) is 2.06. The van der Waals surface area contributed by atoms with Gasteiger partial charge in [-0.15, -0.1) is 0 Å². The van der Waals surface area contributed by atoms with Crippen molar-refractivity contribution in [2.45, 2.75) is 25.4 Å². The van der Waals surface area contributed by atoms with Gasteiger partial charge >= 0.3 is 0 Å². The molecule has 1 aliphatic heterocycles. The lowest BCUT2D eigenvalue weighted by molar-refractivity contribution is 0.190. The maximum atomic E-state index is 4.22. The van der Waals surface area contributed by atoms with E-state index < -0.39 is 0 Å². The van der Waals surface area contributed by atoms with Crippen molar-refractivity contribution in [1.82, 2.24) is 20.0 Å². The number of rotatable bonds is 3. The van der Waals surface area contributed by atoms with E-state index in [9.17, 15) is 0 Å². The second-order valence-electron chi connectivity index (χ2n) is 4.37. The third-order valence-electron chi connectivity index (χ3n) is 3.51. The van der Waals surface area contributed by atoms with Crippen molar-refractivity contribution in [2.24, 2.45) is 7.05 Å². The molecule has 1 N–H and O–H groups in total. The van der Waals surface area contributed by atoms with Crippen LogP contribution in [0.1, 0.15) is 25.1 Å². The maximum absolute atomic E-state index is 4.22. The van der Waals surface area contributed by atoms with Gasteiger partial charge in [-0.1, -0.05) is 0 Å². The SMILES string of the molecule is CC(c1ccnn1C)N(C)C1CCNC1. The monoisotopic (exact) mass is 208 g/mol. The van der Waals surface area contributed by atoms with Gasteiger partial charge in [0.2, 0.25) is 0 Å². The molecule has 4 nitrogen and oxygen atoms in total. The molecule has 0 radical (unpaired) electrons. The Labute approximate surface area is 91.3 Å². The molecule has 2 unspecified atom stereocenters. The van der Waals surface area contributed by atoms with Crippen molar-refractivity contribution in [3.63, 3.8) is 0 Å². The van der Waals surface area contributed by atoms with Crippen molar-refractivity contribution in [3.8, 4) is 0 Å². The quantitative estimate of drug-likeness (QED) is 0.796. The summed E-state index contributed by atoms with van der Waals surface area (Å²) in [4.78, 5) is 2.44. The highest BCUT2D eigenvalue weighted by molar-refractivity contribution is 5.06. The highest BCUT2D eigenvalue weighted by Gasteiger charge is 2.24. The summed E-state index contributed by atoms with van der Waals surface area (Å²) in [5.41, 5.74) is 1.28. The maximum Gasteiger partial charge on any atom is 0.0549 e. The zero-order valence-corrected chi connectivity index (χ0v) is 9.77. The zero-order valence-electron chi connectivity index (χ0n) is 9.77. The first-order valence-corrected chi connectivity index (χ1v) is 5.60. The number of likely N-dealkylation sites (N-methyl/N-ethyl adjacent to an activating group) is 1. The van der Waals surface area contributed by atoms with Gasteiger partial charge in [0.15, 0.2) is 0 Å². The molecule has 0 bridgehead atoms. The van der Waals surface area contributed by atoms with Crippen LogP contribution in [0.3, 0.4) is 0 Å². The van der Waals surface area contributed by atoms with E-state index in [-0.39, 0.29) is 0 Å². The molecule has 0 saturated carbocycles. The van der Waals surface area contributed by atoms with Crippen LogP contribution in [0.15, 0.2) is 12.3 Å². The molecule has 15 heavy (non-hydrogen) atoms. The number of hydrogen-bond acceptors (Lipinski definition) is 3. The Morgan fingerprint density at radius 2 is 2.47 bits per heavy atom. The first-order chi connectivity index (χ1) is 7.20. The molecule has 2 rings (SSSR count). The fourth-order valence-electron chi connectivity index (χ4n) is 2.31. The predicted octanol–water partition coefficient (Wildman–Crippen LogP) is 0.775. The number of nitrogens with one attached hydrogen (secondary N) is 1. The van der Waals surface area contributed by atoms with Crippen LogP contribution in [0.5, 0.6) is 0 Å². The minimum atomic E-state index is 0.433. The van der Waals surface area contributed by atoms with Crippen molar-refractivity contribution < 1.29 is 0 Å². The molecule has 84 valence electrons. The Bertz CT molecular complexity index is 314. The van der Waals surface area contributed by atoms with Gasteiger partial charge in [-0.2, -0.15) is 5.10 Å². The molecule has 2 atom stereocenters. The molecular weight excluding hydrogens is 188 g/mol. The summed E-state index contributed by atoms with van der Waals surface area (Å²) in [5.74, 6) is 0. The summed E-state index contributed by atoms with van der Waals surface area (Å²) in [5, 5.41) is 7.63. The van der Waals surface area contributed by atoms with Crippen molar-refractivity contribution >= 4 is 0 Å². The lowest BCUT2D eigenvalue weighted by Crippen LogP contribution is -2.36. The van der Waals surface area contributed by atoms with E-state index in [2.05, 4.69) is 35.4 Å². The lowest BCUT2D eigenvalue weighted by atomic mass is 10.1. The molecule has 1 saturated heterocycles. The second-order valence-corrected chi connectivity index (χ2v) is 4.37. The van der Waals surface area contributed by atoms with Crippen LogP contribution in [-0.4, -0.2) is 40.9 Å². The van der Waals surface area contributed by atoms with E-state index in [1.807, 2.05) is 17.9 Å². The second kappa shape index (κ2) is 4.33. The molecule has 0 amide bonds. The summed E-state index contributed by atoms with van der Waals surface area (Å²) >= 11 is 0. The Balaban J connectivity index is 2.06. The fraction of sp³-hybridized carbons (Fsp3) is 0.727. The number of aryl methyl sites for hydroxylation is 1. The summed E-state index contributed by atoms with van der Waals surface area (Å²) in [6.45, 7) is 4.50. The predicted molar refractivity (Wildman–Crippen MR) is 60.7 cm³/mol. The number of hydrogen-bond donors (Lipinski definition) is 1.